The second kappa shape index (κ2) is 5.50. The SMILES string of the molecule is CCNCc1ccc(N(CC)C2CC2)c(F)c1. The van der Waals surface area contributed by atoms with Crippen molar-refractivity contribution in [3.63, 3.8) is 0 Å². The van der Waals surface area contributed by atoms with E-state index in [4.69, 9.17) is 0 Å². The smallest absolute Gasteiger partial charge is 0.146 e. The van der Waals surface area contributed by atoms with E-state index in [0.29, 0.717) is 6.04 Å². The number of halogens is 1. The summed E-state index contributed by atoms with van der Waals surface area (Å²) in [5, 5.41) is 3.21. The molecule has 1 saturated carbocycles. The van der Waals surface area contributed by atoms with Crippen LogP contribution in [0.2, 0.25) is 0 Å². The molecular formula is C14H21FN2. The van der Waals surface area contributed by atoms with Gasteiger partial charge in [0.1, 0.15) is 5.82 Å². The molecule has 94 valence electrons. The molecule has 0 aromatic heterocycles. The van der Waals surface area contributed by atoms with Gasteiger partial charge in [-0.05, 0) is 44.0 Å². The Morgan fingerprint density at radius 3 is 2.65 bits per heavy atom. The highest BCUT2D eigenvalue weighted by molar-refractivity contribution is 5.51. The molecule has 3 heteroatoms. The van der Waals surface area contributed by atoms with Gasteiger partial charge in [-0.25, -0.2) is 4.39 Å². The summed E-state index contributed by atoms with van der Waals surface area (Å²) in [5.74, 6) is -0.0887. The molecule has 0 atom stereocenters. The lowest BCUT2D eigenvalue weighted by Gasteiger charge is -2.23. The first-order valence-electron chi connectivity index (χ1n) is 6.52. The van der Waals surface area contributed by atoms with Crippen LogP contribution in [0.4, 0.5) is 10.1 Å². The summed E-state index contributed by atoms with van der Waals surface area (Å²) in [6, 6.07) is 6.16. The molecule has 0 unspecified atom stereocenters. The lowest BCUT2D eigenvalue weighted by molar-refractivity contribution is 0.612. The number of anilines is 1. The van der Waals surface area contributed by atoms with E-state index in [2.05, 4.69) is 24.1 Å². The molecule has 0 spiro atoms. The van der Waals surface area contributed by atoms with Gasteiger partial charge in [-0.2, -0.15) is 0 Å². The Balaban J connectivity index is 2.12. The van der Waals surface area contributed by atoms with Crippen molar-refractivity contribution in [2.75, 3.05) is 18.0 Å². The third kappa shape index (κ3) is 2.97. The largest absolute Gasteiger partial charge is 0.366 e. The Labute approximate surface area is 103 Å². The van der Waals surface area contributed by atoms with Gasteiger partial charge in [-0.3, -0.25) is 0 Å². The van der Waals surface area contributed by atoms with Crippen LogP contribution in [0, 0.1) is 5.82 Å². The molecule has 1 fully saturated rings. The zero-order valence-electron chi connectivity index (χ0n) is 10.7. The molecule has 1 aliphatic carbocycles. The molecule has 1 aliphatic rings. The van der Waals surface area contributed by atoms with Crippen molar-refractivity contribution in [1.29, 1.82) is 0 Å². The fraction of sp³-hybridized carbons (Fsp3) is 0.571. The minimum Gasteiger partial charge on any atom is -0.366 e. The van der Waals surface area contributed by atoms with Crippen molar-refractivity contribution < 1.29 is 4.39 Å². The van der Waals surface area contributed by atoms with E-state index in [1.807, 2.05) is 12.1 Å². The van der Waals surface area contributed by atoms with E-state index >= 15 is 0 Å². The number of benzene rings is 1. The van der Waals surface area contributed by atoms with Crippen molar-refractivity contribution in [2.45, 2.75) is 39.3 Å². The molecule has 0 bridgehead atoms. The zero-order chi connectivity index (χ0) is 12.3. The monoisotopic (exact) mass is 236 g/mol. The van der Waals surface area contributed by atoms with E-state index in [0.717, 1.165) is 30.9 Å². The van der Waals surface area contributed by atoms with Crippen LogP contribution in [0.1, 0.15) is 32.3 Å². The first-order valence-corrected chi connectivity index (χ1v) is 6.52. The topological polar surface area (TPSA) is 15.3 Å². The standard InChI is InChI=1S/C14H21FN2/c1-3-16-10-11-5-8-14(13(15)9-11)17(4-2)12-6-7-12/h5,8-9,12,16H,3-4,6-7,10H2,1-2H3. The van der Waals surface area contributed by atoms with Gasteiger partial charge in [-0.1, -0.05) is 13.0 Å². The third-order valence-electron chi connectivity index (χ3n) is 3.23. The van der Waals surface area contributed by atoms with Gasteiger partial charge in [0.25, 0.3) is 0 Å². The average molecular weight is 236 g/mol. The highest BCUT2D eigenvalue weighted by Gasteiger charge is 2.29. The average Bonchev–Trinajstić information content (AvgIpc) is 3.14. The van der Waals surface area contributed by atoms with Crippen molar-refractivity contribution in [1.82, 2.24) is 5.32 Å². The van der Waals surface area contributed by atoms with E-state index in [1.165, 1.54) is 12.8 Å². The molecule has 0 amide bonds. The Morgan fingerprint density at radius 2 is 2.12 bits per heavy atom. The van der Waals surface area contributed by atoms with Crippen LogP contribution in [0.15, 0.2) is 18.2 Å². The number of nitrogens with zero attached hydrogens (tertiary/aromatic N) is 1. The van der Waals surface area contributed by atoms with Crippen LogP contribution in [-0.2, 0) is 6.54 Å². The maximum atomic E-state index is 14.0. The Kier molecular flexibility index (Phi) is 4.00. The summed E-state index contributed by atoms with van der Waals surface area (Å²) in [7, 11) is 0. The van der Waals surface area contributed by atoms with Gasteiger partial charge >= 0.3 is 0 Å². The van der Waals surface area contributed by atoms with Crippen LogP contribution in [0.3, 0.4) is 0 Å². The third-order valence-corrected chi connectivity index (χ3v) is 3.23. The normalized spacial score (nSPS) is 15.0. The summed E-state index contributed by atoms with van der Waals surface area (Å²) in [4.78, 5) is 2.17. The molecule has 1 N–H and O–H groups in total. The van der Waals surface area contributed by atoms with Gasteiger partial charge in [-0.15, -0.1) is 0 Å². The molecule has 1 aromatic rings. The predicted octanol–water partition coefficient (Wildman–Crippen LogP) is 2.92. The van der Waals surface area contributed by atoms with Crippen molar-refractivity contribution in [2.24, 2.45) is 0 Å². The number of nitrogens with one attached hydrogen (secondary N) is 1. The van der Waals surface area contributed by atoms with Gasteiger partial charge in [0, 0.05) is 19.1 Å². The summed E-state index contributed by atoms with van der Waals surface area (Å²) in [5.41, 5.74) is 1.77. The number of hydrogen-bond acceptors (Lipinski definition) is 2. The minimum atomic E-state index is -0.0887. The molecule has 1 aromatic carbocycles. The van der Waals surface area contributed by atoms with E-state index in [-0.39, 0.29) is 5.82 Å². The summed E-state index contributed by atoms with van der Waals surface area (Å²) >= 11 is 0. The first-order chi connectivity index (χ1) is 8.26. The maximum Gasteiger partial charge on any atom is 0.146 e. The van der Waals surface area contributed by atoms with E-state index in [1.54, 1.807) is 6.07 Å². The fourth-order valence-electron chi connectivity index (χ4n) is 2.17. The summed E-state index contributed by atoms with van der Waals surface area (Å²) in [6.45, 7) is 6.67. The highest BCUT2D eigenvalue weighted by Crippen LogP contribution is 2.33. The van der Waals surface area contributed by atoms with E-state index in [9.17, 15) is 4.39 Å². The molecule has 2 nitrogen and oxygen atoms in total. The van der Waals surface area contributed by atoms with Gasteiger partial charge in [0.2, 0.25) is 0 Å². The number of hydrogen-bond donors (Lipinski definition) is 1. The number of rotatable bonds is 6. The Hall–Kier alpha value is -1.09. The maximum absolute atomic E-state index is 14.0. The molecule has 0 saturated heterocycles. The van der Waals surface area contributed by atoms with Crippen LogP contribution in [0.25, 0.3) is 0 Å². The lowest BCUT2D eigenvalue weighted by atomic mass is 10.1. The highest BCUT2D eigenvalue weighted by atomic mass is 19.1. The minimum absolute atomic E-state index is 0.0887. The van der Waals surface area contributed by atoms with Crippen molar-refractivity contribution in [3.8, 4) is 0 Å². The summed E-state index contributed by atoms with van der Waals surface area (Å²) in [6.07, 6.45) is 2.40. The molecule has 0 heterocycles. The molecule has 2 rings (SSSR count). The van der Waals surface area contributed by atoms with Crippen molar-refractivity contribution in [3.05, 3.63) is 29.6 Å². The van der Waals surface area contributed by atoms with Crippen LogP contribution < -0.4 is 10.2 Å². The first kappa shape index (κ1) is 12.4. The molecule has 0 radical (unpaired) electrons. The zero-order valence-corrected chi connectivity index (χ0v) is 10.7. The Morgan fingerprint density at radius 1 is 1.35 bits per heavy atom. The quantitative estimate of drug-likeness (QED) is 0.817. The Bertz CT molecular complexity index is 374. The van der Waals surface area contributed by atoms with Crippen molar-refractivity contribution >= 4 is 5.69 Å². The van der Waals surface area contributed by atoms with Crippen LogP contribution in [-0.4, -0.2) is 19.1 Å². The molecule has 17 heavy (non-hydrogen) atoms. The van der Waals surface area contributed by atoms with Gasteiger partial charge < -0.3 is 10.2 Å². The predicted molar refractivity (Wildman–Crippen MR) is 69.8 cm³/mol. The van der Waals surface area contributed by atoms with Gasteiger partial charge in [0.05, 0.1) is 5.69 Å². The van der Waals surface area contributed by atoms with E-state index < -0.39 is 0 Å². The van der Waals surface area contributed by atoms with Crippen LogP contribution in [0.5, 0.6) is 0 Å². The second-order valence-corrected chi connectivity index (χ2v) is 4.58. The van der Waals surface area contributed by atoms with Crippen LogP contribution >= 0.6 is 0 Å². The molecule has 0 aliphatic heterocycles. The summed E-state index contributed by atoms with van der Waals surface area (Å²) < 4.78 is 14.0. The van der Waals surface area contributed by atoms with Gasteiger partial charge in [0.15, 0.2) is 0 Å². The molecular weight excluding hydrogens is 215 g/mol. The second-order valence-electron chi connectivity index (χ2n) is 4.58. The lowest BCUT2D eigenvalue weighted by Crippen LogP contribution is -2.26. The fourth-order valence-corrected chi connectivity index (χ4v) is 2.17.